The number of aliphatic hydroxyl groups is 1. The van der Waals surface area contributed by atoms with Crippen LogP contribution in [0, 0.1) is 0 Å². The molecule has 2 heteroatoms. The van der Waals surface area contributed by atoms with Gasteiger partial charge >= 0.3 is 0 Å². The van der Waals surface area contributed by atoms with Crippen LogP contribution in [-0.2, 0) is 12.8 Å². The van der Waals surface area contributed by atoms with Crippen molar-refractivity contribution in [3.05, 3.63) is 65.5 Å². The number of benzene rings is 1. The Balaban J connectivity index is 2.01. The third-order valence-electron chi connectivity index (χ3n) is 3.23. The molecular weight excluding hydrogens is 222 g/mol. The van der Waals surface area contributed by atoms with Gasteiger partial charge in [-0.2, -0.15) is 0 Å². The zero-order valence-electron chi connectivity index (χ0n) is 10.7. The molecule has 1 unspecified atom stereocenters. The molecule has 1 aromatic heterocycles. The number of hydrogen-bond acceptors (Lipinski definition) is 2. The molecule has 0 saturated heterocycles. The Hall–Kier alpha value is -1.67. The lowest BCUT2D eigenvalue weighted by Gasteiger charge is -2.14. The van der Waals surface area contributed by atoms with Crippen LogP contribution in [0.5, 0.6) is 0 Å². The maximum absolute atomic E-state index is 10.3. The Morgan fingerprint density at radius 2 is 1.94 bits per heavy atom. The molecule has 2 rings (SSSR count). The van der Waals surface area contributed by atoms with E-state index in [0.29, 0.717) is 0 Å². The van der Waals surface area contributed by atoms with Crippen LogP contribution in [-0.4, -0.2) is 10.1 Å². The van der Waals surface area contributed by atoms with E-state index in [1.165, 1.54) is 5.56 Å². The molecule has 0 radical (unpaired) electrons. The fraction of sp³-hybridized carbons (Fsp3) is 0.312. The smallest absolute Gasteiger partial charge is 0.0797 e. The molecule has 0 aliphatic carbocycles. The summed E-state index contributed by atoms with van der Waals surface area (Å²) in [7, 11) is 0. The number of nitrogens with zero attached hydrogens (tertiary/aromatic N) is 1. The van der Waals surface area contributed by atoms with Crippen LogP contribution in [0.25, 0.3) is 0 Å². The lowest BCUT2D eigenvalue weighted by atomic mass is 9.98. The van der Waals surface area contributed by atoms with Crippen molar-refractivity contribution < 1.29 is 5.11 Å². The lowest BCUT2D eigenvalue weighted by molar-refractivity contribution is 0.166. The fourth-order valence-electron chi connectivity index (χ4n) is 2.16. The summed E-state index contributed by atoms with van der Waals surface area (Å²) in [6.07, 6.45) is 5.75. The number of aryl methyl sites for hydroxylation is 2. The van der Waals surface area contributed by atoms with Gasteiger partial charge in [-0.3, -0.25) is 4.98 Å². The molecule has 2 aromatic rings. The molecule has 1 N–H and O–H groups in total. The zero-order valence-corrected chi connectivity index (χ0v) is 10.7. The lowest BCUT2D eigenvalue weighted by Crippen LogP contribution is -2.03. The van der Waals surface area contributed by atoms with Crippen LogP contribution in [0.15, 0.2) is 48.8 Å². The summed E-state index contributed by atoms with van der Waals surface area (Å²) in [6, 6.07) is 12.2. The summed E-state index contributed by atoms with van der Waals surface area (Å²) >= 11 is 0. The molecule has 18 heavy (non-hydrogen) atoms. The predicted octanol–water partition coefficient (Wildman–Crippen LogP) is 3.31. The van der Waals surface area contributed by atoms with Gasteiger partial charge in [0.25, 0.3) is 0 Å². The van der Waals surface area contributed by atoms with Crippen molar-refractivity contribution in [1.82, 2.24) is 4.98 Å². The quantitative estimate of drug-likeness (QED) is 0.871. The van der Waals surface area contributed by atoms with E-state index in [4.69, 9.17) is 0 Å². The number of aromatic nitrogens is 1. The molecule has 0 spiro atoms. The van der Waals surface area contributed by atoms with Gasteiger partial charge in [0.2, 0.25) is 0 Å². The zero-order chi connectivity index (χ0) is 12.8. The number of aliphatic hydroxyl groups excluding tert-OH is 1. The molecule has 1 atom stereocenters. The first kappa shape index (κ1) is 12.8. The fourth-order valence-corrected chi connectivity index (χ4v) is 2.16. The van der Waals surface area contributed by atoms with E-state index in [2.05, 4.69) is 24.0 Å². The molecule has 0 fully saturated rings. The second-order valence-electron chi connectivity index (χ2n) is 4.47. The number of hydrogen-bond donors (Lipinski definition) is 1. The monoisotopic (exact) mass is 241 g/mol. The highest BCUT2D eigenvalue weighted by atomic mass is 16.3. The highest BCUT2D eigenvalue weighted by Gasteiger charge is 2.11. The van der Waals surface area contributed by atoms with E-state index in [1.807, 2.05) is 30.5 Å². The minimum absolute atomic E-state index is 0.400. The summed E-state index contributed by atoms with van der Waals surface area (Å²) < 4.78 is 0. The molecular formula is C16H19NO. The van der Waals surface area contributed by atoms with Gasteiger partial charge in [-0.15, -0.1) is 0 Å². The molecule has 94 valence electrons. The van der Waals surface area contributed by atoms with Crippen molar-refractivity contribution in [3.63, 3.8) is 0 Å². The van der Waals surface area contributed by atoms with Crippen molar-refractivity contribution in [2.45, 2.75) is 32.3 Å². The van der Waals surface area contributed by atoms with Gasteiger partial charge in [0.15, 0.2) is 0 Å². The standard InChI is InChI=1S/C16H19NO/c1-2-14-12-17-11-10-15(14)16(18)9-8-13-6-4-3-5-7-13/h3-7,10-12,16,18H,2,8-9H2,1H3. The number of rotatable bonds is 5. The summed E-state index contributed by atoms with van der Waals surface area (Å²) in [5.41, 5.74) is 3.42. The molecule has 0 bridgehead atoms. The first-order valence-electron chi connectivity index (χ1n) is 6.46. The maximum Gasteiger partial charge on any atom is 0.0797 e. The van der Waals surface area contributed by atoms with Crippen LogP contribution in [0.1, 0.15) is 36.1 Å². The second kappa shape index (κ2) is 6.31. The van der Waals surface area contributed by atoms with E-state index >= 15 is 0 Å². The first-order chi connectivity index (χ1) is 8.81. The van der Waals surface area contributed by atoms with E-state index in [0.717, 1.165) is 30.4 Å². The Bertz CT molecular complexity index is 481. The van der Waals surface area contributed by atoms with Gasteiger partial charge in [0.05, 0.1) is 6.10 Å². The van der Waals surface area contributed by atoms with Gasteiger partial charge in [0, 0.05) is 12.4 Å². The largest absolute Gasteiger partial charge is 0.388 e. The van der Waals surface area contributed by atoms with E-state index in [-0.39, 0.29) is 0 Å². The SMILES string of the molecule is CCc1cnccc1C(O)CCc1ccccc1. The predicted molar refractivity (Wildman–Crippen MR) is 73.3 cm³/mol. The minimum Gasteiger partial charge on any atom is -0.388 e. The topological polar surface area (TPSA) is 33.1 Å². The molecule has 0 saturated carbocycles. The molecule has 0 amide bonds. The molecule has 0 aliphatic rings. The molecule has 0 aliphatic heterocycles. The summed E-state index contributed by atoms with van der Waals surface area (Å²) in [5.74, 6) is 0. The van der Waals surface area contributed by atoms with Crippen molar-refractivity contribution in [3.8, 4) is 0 Å². The normalized spacial score (nSPS) is 12.3. The second-order valence-corrected chi connectivity index (χ2v) is 4.47. The van der Waals surface area contributed by atoms with E-state index in [1.54, 1.807) is 6.20 Å². The van der Waals surface area contributed by atoms with Crippen molar-refractivity contribution in [1.29, 1.82) is 0 Å². The van der Waals surface area contributed by atoms with Crippen LogP contribution < -0.4 is 0 Å². The molecule has 1 aromatic carbocycles. The van der Waals surface area contributed by atoms with Crippen molar-refractivity contribution >= 4 is 0 Å². The van der Waals surface area contributed by atoms with Crippen molar-refractivity contribution in [2.75, 3.05) is 0 Å². The third-order valence-corrected chi connectivity index (χ3v) is 3.23. The Morgan fingerprint density at radius 3 is 2.67 bits per heavy atom. The van der Waals surface area contributed by atoms with Crippen LogP contribution >= 0.6 is 0 Å². The molecule has 1 heterocycles. The van der Waals surface area contributed by atoms with Crippen LogP contribution in [0.2, 0.25) is 0 Å². The van der Waals surface area contributed by atoms with E-state index < -0.39 is 6.10 Å². The maximum atomic E-state index is 10.3. The summed E-state index contributed by atoms with van der Waals surface area (Å²) in [4.78, 5) is 4.11. The van der Waals surface area contributed by atoms with E-state index in [9.17, 15) is 5.11 Å². The average Bonchev–Trinajstić information content (AvgIpc) is 2.45. The Morgan fingerprint density at radius 1 is 1.17 bits per heavy atom. The number of pyridine rings is 1. The minimum atomic E-state index is -0.400. The highest BCUT2D eigenvalue weighted by molar-refractivity contribution is 5.26. The summed E-state index contributed by atoms with van der Waals surface area (Å²) in [6.45, 7) is 2.09. The van der Waals surface area contributed by atoms with Gasteiger partial charge in [-0.1, -0.05) is 37.3 Å². The average molecular weight is 241 g/mol. The van der Waals surface area contributed by atoms with Gasteiger partial charge < -0.3 is 5.11 Å². The van der Waals surface area contributed by atoms with Gasteiger partial charge in [-0.25, -0.2) is 0 Å². The van der Waals surface area contributed by atoms with Crippen molar-refractivity contribution in [2.24, 2.45) is 0 Å². The summed E-state index contributed by atoms with van der Waals surface area (Å²) in [5, 5.41) is 10.3. The first-order valence-corrected chi connectivity index (χ1v) is 6.46. The Kier molecular flexibility index (Phi) is 4.48. The highest BCUT2D eigenvalue weighted by Crippen LogP contribution is 2.22. The van der Waals surface area contributed by atoms with Crippen LogP contribution in [0.4, 0.5) is 0 Å². The van der Waals surface area contributed by atoms with Gasteiger partial charge in [-0.05, 0) is 42.0 Å². The molecule has 2 nitrogen and oxygen atoms in total. The van der Waals surface area contributed by atoms with Gasteiger partial charge in [0.1, 0.15) is 0 Å². The Labute approximate surface area is 108 Å². The third kappa shape index (κ3) is 3.17. The van der Waals surface area contributed by atoms with Crippen LogP contribution in [0.3, 0.4) is 0 Å².